The van der Waals surface area contributed by atoms with E-state index in [-0.39, 0.29) is 11.8 Å². The third kappa shape index (κ3) is 2.40. The van der Waals surface area contributed by atoms with Gasteiger partial charge in [0.1, 0.15) is 11.4 Å². The maximum Gasteiger partial charge on any atom is 0.271 e. The normalized spacial score (nSPS) is 16.5. The highest BCUT2D eigenvalue weighted by Gasteiger charge is 2.24. The second kappa shape index (κ2) is 5.06. The Balaban J connectivity index is 1.64. The van der Waals surface area contributed by atoms with Crippen LogP contribution in [0.3, 0.4) is 0 Å². The number of ether oxygens (including phenoxy) is 1. The van der Waals surface area contributed by atoms with Crippen LogP contribution in [0.5, 0.6) is 5.75 Å². The van der Waals surface area contributed by atoms with Gasteiger partial charge in [0.25, 0.3) is 5.91 Å². The van der Waals surface area contributed by atoms with E-state index in [1.54, 1.807) is 0 Å². The molecule has 5 heteroatoms. The Labute approximate surface area is 110 Å². The minimum atomic E-state index is -0.211. The second-order valence-corrected chi connectivity index (χ2v) is 4.35. The van der Waals surface area contributed by atoms with Crippen LogP contribution in [0, 0.1) is 0 Å². The van der Waals surface area contributed by atoms with Crippen LogP contribution < -0.4 is 10.1 Å². The molecule has 0 radical (unpaired) electrons. The number of para-hydroxylation sites is 1. The van der Waals surface area contributed by atoms with Gasteiger partial charge < -0.3 is 10.1 Å². The molecule has 5 nitrogen and oxygen atoms in total. The van der Waals surface area contributed by atoms with Gasteiger partial charge in [-0.1, -0.05) is 18.2 Å². The molecule has 0 fully saturated rings. The summed E-state index contributed by atoms with van der Waals surface area (Å²) in [7, 11) is 0. The van der Waals surface area contributed by atoms with Crippen molar-refractivity contribution in [3.05, 3.63) is 54.1 Å². The molecule has 0 saturated heterocycles. The Kier molecular flexibility index (Phi) is 3.10. The van der Waals surface area contributed by atoms with Gasteiger partial charge in [-0.25, -0.2) is 4.98 Å². The van der Waals surface area contributed by atoms with Crippen molar-refractivity contribution in [1.29, 1.82) is 0 Å². The van der Waals surface area contributed by atoms with E-state index >= 15 is 0 Å². The summed E-state index contributed by atoms with van der Waals surface area (Å²) in [5.74, 6) is 0.885. The first-order chi connectivity index (χ1) is 9.34. The summed E-state index contributed by atoms with van der Waals surface area (Å²) in [6.45, 7) is 1.13. The highest BCUT2D eigenvalue weighted by Crippen LogP contribution is 2.32. The van der Waals surface area contributed by atoms with Crippen LogP contribution in [0.25, 0.3) is 0 Å². The highest BCUT2D eigenvalue weighted by atomic mass is 16.5. The van der Waals surface area contributed by atoms with E-state index in [1.807, 2.05) is 24.3 Å². The molecule has 0 bridgehead atoms. The Morgan fingerprint density at radius 3 is 3.11 bits per heavy atom. The number of nitrogens with zero attached hydrogens (tertiary/aromatic N) is 2. The molecule has 3 rings (SSSR count). The summed E-state index contributed by atoms with van der Waals surface area (Å²) in [4.78, 5) is 19.7. The summed E-state index contributed by atoms with van der Waals surface area (Å²) in [6.07, 6.45) is 4.50. The van der Waals surface area contributed by atoms with E-state index in [1.165, 1.54) is 18.6 Å². The van der Waals surface area contributed by atoms with E-state index in [9.17, 15) is 4.79 Å². The maximum atomic E-state index is 11.9. The number of carbonyl (C=O) groups is 1. The molecule has 1 aliphatic rings. The highest BCUT2D eigenvalue weighted by molar-refractivity contribution is 5.91. The lowest BCUT2D eigenvalue weighted by molar-refractivity contribution is 0.0944. The zero-order valence-corrected chi connectivity index (χ0v) is 10.2. The third-order valence-corrected chi connectivity index (χ3v) is 3.10. The molecule has 1 atom stereocenters. The summed E-state index contributed by atoms with van der Waals surface area (Å²) in [5.41, 5.74) is 1.47. The number of amides is 1. The lowest BCUT2D eigenvalue weighted by Crippen LogP contribution is -2.29. The average molecular weight is 255 g/mol. The van der Waals surface area contributed by atoms with Gasteiger partial charge in [0.05, 0.1) is 12.8 Å². The lowest BCUT2D eigenvalue weighted by atomic mass is 10.0. The fraction of sp³-hybridized carbons (Fsp3) is 0.214. The second-order valence-electron chi connectivity index (χ2n) is 4.35. The Hall–Kier alpha value is -2.43. The van der Waals surface area contributed by atoms with Crippen molar-refractivity contribution < 1.29 is 9.53 Å². The third-order valence-electron chi connectivity index (χ3n) is 3.10. The SMILES string of the molecule is O=C(NCC1COc2ccccc21)c1cnccn1. The van der Waals surface area contributed by atoms with Gasteiger partial charge in [0.2, 0.25) is 0 Å². The van der Waals surface area contributed by atoms with Crippen LogP contribution in [0.1, 0.15) is 22.0 Å². The van der Waals surface area contributed by atoms with Crippen molar-refractivity contribution in [1.82, 2.24) is 15.3 Å². The molecule has 0 spiro atoms. The van der Waals surface area contributed by atoms with Crippen LogP contribution in [0.2, 0.25) is 0 Å². The van der Waals surface area contributed by atoms with Gasteiger partial charge in [-0.05, 0) is 6.07 Å². The molecular formula is C14H13N3O2. The molecule has 1 amide bonds. The van der Waals surface area contributed by atoms with Gasteiger partial charge in [0, 0.05) is 30.4 Å². The van der Waals surface area contributed by atoms with E-state index in [4.69, 9.17) is 4.74 Å². The molecule has 96 valence electrons. The van der Waals surface area contributed by atoms with Crippen molar-refractivity contribution in [3.63, 3.8) is 0 Å². The number of rotatable bonds is 3. The minimum absolute atomic E-state index is 0.192. The average Bonchev–Trinajstić information content (AvgIpc) is 2.89. The summed E-state index contributed by atoms with van der Waals surface area (Å²) >= 11 is 0. The molecular weight excluding hydrogens is 242 g/mol. The fourth-order valence-electron chi connectivity index (χ4n) is 2.12. The smallest absolute Gasteiger partial charge is 0.271 e. The molecule has 1 N–H and O–H groups in total. The van der Waals surface area contributed by atoms with Crippen molar-refractivity contribution in [2.75, 3.05) is 13.2 Å². The first kappa shape index (κ1) is 11.6. The molecule has 0 aliphatic carbocycles. The summed E-state index contributed by atoms with van der Waals surface area (Å²) in [6, 6.07) is 7.89. The van der Waals surface area contributed by atoms with Gasteiger partial charge in [-0.3, -0.25) is 9.78 Å². The zero-order chi connectivity index (χ0) is 13.1. The Morgan fingerprint density at radius 1 is 1.37 bits per heavy atom. The van der Waals surface area contributed by atoms with Crippen LogP contribution in [0.15, 0.2) is 42.9 Å². The zero-order valence-electron chi connectivity index (χ0n) is 10.2. The number of hydrogen-bond donors (Lipinski definition) is 1. The standard InChI is InChI=1S/C14H13N3O2/c18-14(12-8-15-5-6-16-12)17-7-10-9-19-13-4-2-1-3-11(10)13/h1-6,8,10H,7,9H2,(H,17,18). The summed E-state index contributed by atoms with van der Waals surface area (Å²) < 4.78 is 5.57. The maximum absolute atomic E-state index is 11.9. The fourth-order valence-corrected chi connectivity index (χ4v) is 2.12. The molecule has 1 aromatic carbocycles. The van der Waals surface area contributed by atoms with E-state index < -0.39 is 0 Å². The number of fused-ring (bicyclic) bond motifs is 1. The molecule has 1 aliphatic heterocycles. The lowest BCUT2D eigenvalue weighted by Gasteiger charge is -2.09. The quantitative estimate of drug-likeness (QED) is 0.900. The minimum Gasteiger partial charge on any atom is -0.493 e. The van der Waals surface area contributed by atoms with E-state index in [0.717, 1.165) is 11.3 Å². The number of hydrogen-bond acceptors (Lipinski definition) is 4. The molecule has 0 saturated carbocycles. The number of nitrogens with one attached hydrogen (secondary N) is 1. The number of benzene rings is 1. The predicted molar refractivity (Wildman–Crippen MR) is 69.0 cm³/mol. The van der Waals surface area contributed by atoms with Crippen LogP contribution in [0.4, 0.5) is 0 Å². The van der Waals surface area contributed by atoms with Crippen LogP contribution in [-0.4, -0.2) is 29.0 Å². The Morgan fingerprint density at radius 2 is 2.26 bits per heavy atom. The molecule has 1 unspecified atom stereocenters. The van der Waals surface area contributed by atoms with Gasteiger partial charge in [-0.2, -0.15) is 0 Å². The molecule has 19 heavy (non-hydrogen) atoms. The molecule has 1 aromatic heterocycles. The van der Waals surface area contributed by atoms with Crippen LogP contribution in [-0.2, 0) is 0 Å². The summed E-state index contributed by atoms with van der Waals surface area (Å²) in [5, 5.41) is 2.86. The number of carbonyl (C=O) groups excluding carboxylic acids is 1. The van der Waals surface area contributed by atoms with Crippen molar-refractivity contribution >= 4 is 5.91 Å². The first-order valence-corrected chi connectivity index (χ1v) is 6.10. The molecule has 2 heterocycles. The van der Waals surface area contributed by atoms with Gasteiger partial charge in [-0.15, -0.1) is 0 Å². The van der Waals surface area contributed by atoms with E-state index in [2.05, 4.69) is 15.3 Å². The topological polar surface area (TPSA) is 64.1 Å². The monoisotopic (exact) mass is 255 g/mol. The van der Waals surface area contributed by atoms with Crippen LogP contribution >= 0.6 is 0 Å². The largest absolute Gasteiger partial charge is 0.493 e. The van der Waals surface area contributed by atoms with Crippen molar-refractivity contribution in [3.8, 4) is 5.75 Å². The van der Waals surface area contributed by atoms with E-state index in [0.29, 0.717) is 18.8 Å². The van der Waals surface area contributed by atoms with Gasteiger partial charge in [0.15, 0.2) is 0 Å². The first-order valence-electron chi connectivity index (χ1n) is 6.10. The van der Waals surface area contributed by atoms with Gasteiger partial charge >= 0.3 is 0 Å². The number of aromatic nitrogens is 2. The Bertz CT molecular complexity index is 586. The predicted octanol–water partition coefficient (Wildman–Crippen LogP) is 1.38. The van der Waals surface area contributed by atoms with Crippen molar-refractivity contribution in [2.24, 2.45) is 0 Å². The van der Waals surface area contributed by atoms with Crippen molar-refractivity contribution in [2.45, 2.75) is 5.92 Å². The molecule has 2 aromatic rings.